The van der Waals surface area contributed by atoms with Gasteiger partial charge in [0.1, 0.15) is 24.9 Å². The van der Waals surface area contributed by atoms with E-state index < -0.39 is 48.6 Å². The molecule has 0 saturated heterocycles. The van der Waals surface area contributed by atoms with Gasteiger partial charge in [-0.25, -0.2) is 14.9 Å². The molecule has 2 aromatic heterocycles. The topological polar surface area (TPSA) is 197 Å². The van der Waals surface area contributed by atoms with Crippen molar-refractivity contribution in [1.29, 1.82) is 0 Å². The zero-order chi connectivity index (χ0) is 20.3. The fourth-order valence-corrected chi connectivity index (χ4v) is 2.19. The number of carbonyl (C=O) groups is 1. The van der Waals surface area contributed by atoms with Crippen LogP contribution in [0.25, 0.3) is 11.2 Å². The molecule has 2 rings (SSSR count). The molecular formula is C13H19N7O7. The molecule has 1 amide bonds. The van der Waals surface area contributed by atoms with Crippen LogP contribution in [-0.4, -0.2) is 81.6 Å². The maximum Gasteiger partial charge on any atom is 0.332 e. The summed E-state index contributed by atoms with van der Waals surface area (Å²) in [6.07, 6.45) is -4.16. The van der Waals surface area contributed by atoms with Crippen molar-refractivity contribution in [2.75, 3.05) is 6.61 Å². The summed E-state index contributed by atoms with van der Waals surface area (Å²) in [7, 11) is 2.68. The molecule has 14 heteroatoms. The van der Waals surface area contributed by atoms with Crippen molar-refractivity contribution < 1.29 is 25.2 Å². The first-order chi connectivity index (χ1) is 12.7. The van der Waals surface area contributed by atoms with Gasteiger partial charge in [-0.3, -0.25) is 18.7 Å². The van der Waals surface area contributed by atoms with Gasteiger partial charge in [0.2, 0.25) is 0 Å². The maximum atomic E-state index is 12.2. The molecule has 0 saturated carbocycles. The SMILES string of the molecule is Cn1c(=O)c2c(nnn2CC(=O)N/N=C/[C@H](O)[C@@H](O)[C@H](O)CO)n(C)c1=O. The zero-order valence-corrected chi connectivity index (χ0v) is 14.4. The summed E-state index contributed by atoms with van der Waals surface area (Å²) < 4.78 is 2.95. The Kier molecular flexibility index (Phi) is 6.17. The fraction of sp³-hybridized carbons (Fsp3) is 0.538. The molecule has 2 heterocycles. The number of nitrogens with zero attached hydrogens (tertiary/aromatic N) is 6. The summed E-state index contributed by atoms with van der Waals surface area (Å²) in [5, 5.41) is 47.6. The second-order valence-corrected chi connectivity index (χ2v) is 5.67. The number of fused-ring (bicyclic) bond motifs is 1. The standard InChI is InChI=1S/C13H19N7O7/c1-18-11-9(12(26)19(2)13(18)27)20(17-16-11)4-8(24)15-14-3-6(22)10(25)7(23)5-21/h3,6-7,10,21-23,25H,4-5H2,1-2H3,(H,15,24)/b14-3+/t6-,7+,10+/m0/s1. The highest BCUT2D eigenvalue weighted by Gasteiger charge is 2.22. The van der Waals surface area contributed by atoms with Crippen LogP contribution in [0.2, 0.25) is 0 Å². The lowest BCUT2D eigenvalue weighted by Crippen LogP contribution is -2.40. The van der Waals surface area contributed by atoms with Gasteiger partial charge < -0.3 is 20.4 Å². The first-order valence-corrected chi connectivity index (χ1v) is 7.65. The fourth-order valence-electron chi connectivity index (χ4n) is 2.19. The predicted molar refractivity (Wildman–Crippen MR) is 89.8 cm³/mol. The van der Waals surface area contributed by atoms with Crippen LogP contribution in [0.1, 0.15) is 0 Å². The van der Waals surface area contributed by atoms with Gasteiger partial charge in [0.05, 0.1) is 12.8 Å². The molecule has 0 unspecified atom stereocenters. The average molecular weight is 385 g/mol. The first-order valence-electron chi connectivity index (χ1n) is 7.65. The van der Waals surface area contributed by atoms with E-state index in [0.717, 1.165) is 20.0 Å². The van der Waals surface area contributed by atoms with Crippen LogP contribution >= 0.6 is 0 Å². The third kappa shape index (κ3) is 4.08. The summed E-state index contributed by atoms with van der Waals surface area (Å²) in [6.45, 7) is -1.23. The lowest BCUT2D eigenvalue weighted by atomic mass is 10.1. The van der Waals surface area contributed by atoms with Crippen LogP contribution in [-0.2, 0) is 25.4 Å². The van der Waals surface area contributed by atoms with Gasteiger partial charge in [-0.15, -0.1) is 5.10 Å². The van der Waals surface area contributed by atoms with Gasteiger partial charge in [-0.05, 0) is 0 Å². The number of hydrazone groups is 1. The number of rotatable bonds is 7. The van der Waals surface area contributed by atoms with Gasteiger partial charge >= 0.3 is 5.69 Å². The first kappa shape index (κ1) is 20.4. The normalized spacial score (nSPS) is 15.2. The van der Waals surface area contributed by atoms with Crippen LogP contribution in [0, 0.1) is 0 Å². The van der Waals surface area contributed by atoms with Crippen molar-refractivity contribution in [3.8, 4) is 0 Å². The monoisotopic (exact) mass is 385 g/mol. The lowest BCUT2D eigenvalue weighted by molar-refractivity contribution is -0.121. The number of aromatic nitrogens is 5. The van der Waals surface area contributed by atoms with Gasteiger partial charge in [0.15, 0.2) is 11.2 Å². The lowest BCUT2D eigenvalue weighted by Gasteiger charge is -2.17. The van der Waals surface area contributed by atoms with E-state index in [-0.39, 0.29) is 11.2 Å². The second kappa shape index (κ2) is 8.17. The zero-order valence-electron chi connectivity index (χ0n) is 14.4. The van der Waals surface area contributed by atoms with Gasteiger partial charge in [0.25, 0.3) is 11.5 Å². The number of hydrogen-bond acceptors (Lipinski definition) is 10. The molecule has 0 spiro atoms. The van der Waals surface area contributed by atoms with E-state index in [9.17, 15) is 29.7 Å². The highest BCUT2D eigenvalue weighted by atomic mass is 16.4. The molecule has 0 radical (unpaired) electrons. The molecular weight excluding hydrogens is 366 g/mol. The van der Waals surface area contributed by atoms with Crippen LogP contribution in [0.5, 0.6) is 0 Å². The third-order valence-electron chi connectivity index (χ3n) is 3.76. The minimum atomic E-state index is -1.70. The number of amides is 1. The minimum Gasteiger partial charge on any atom is -0.394 e. The molecule has 0 aliphatic carbocycles. The van der Waals surface area contributed by atoms with Crippen LogP contribution in [0.15, 0.2) is 14.7 Å². The summed E-state index contributed by atoms with van der Waals surface area (Å²) in [5.74, 6) is -0.738. The van der Waals surface area contributed by atoms with Crippen molar-refractivity contribution in [2.24, 2.45) is 19.2 Å². The average Bonchev–Trinajstić information content (AvgIpc) is 3.06. The Morgan fingerprint density at radius 2 is 1.93 bits per heavy atom. The molecule has 27 heavy (non-hydrogen) atoms. The molecule has 0 bridgehead atoms. The number of aliphatic hydroxyl groups is 4. The van der Waals surface area contributed by atoms with Gasteiger partial charge in [-0.2, -0.15) is 5.10 Å². The molecule has 0 aliphatic rings. The van der Waals surface area contributed by atoms with Crippen LogP contribution in [0.3, 0.4) is 0 Å². The van der Waals surface area contributed by atoms with E-state index in [1.54, 1.807) is 0 Å². The molecule has 148 valence electrons. The third-order valence-corrected chi connectivity index (χ3v) is 3.76. The summed E-state index contributed by atoms with van der Waals surface area (Å²) in [5.41, 5.74) is 0.726. The highest BCUT2D eigenvalue weighted by molar-refractivity contribution is 5.79. The van der Waals surface area contributed by atoms with Crippen molar-refractivity contribution in [3.63, 3.8) is 0 Å². The smallest absolute Gasteiger partial charge is 0.332 e. The second-order valence-electron chi connectivity index (χ2n) is 5.67. The Morgan fingerprint density at radius 1 is 1.26 bits per heavy atom. The molecule has 0 fully saturated rings. The molecule has 3 atom stereocenters. The summed E-state index contributed by atoms with van der Waals surface area (Å²) in [6, 6.07) is 0. The van der Waals surface area contributed by atoms with E-state index in [1.165, 1.54) is 14.1 Å². The van der Waals surface area contributed by atoms with Gasteiger partial charge in [-0.1, -0.05) is 5.21 Å². The Bertz CT molecular complexity index is 976. The van der Waals surface area contributed by atoms with E-state index in [0.29, 0.717) is 0 Å². The summed E-state index contributed by atoms with van der Waals surface area (Å²) >= 11 is 0. The number of aryl methyl sites for hydroxylation is 1. The van der Waals surface area contributed by atoms with Crippen molar-refractivity contribution in [1.82, 2.24) is 29.6 Å². The molecule has 0 aromatic carbocycles. The predicted octanol–water partition coefficient (Wildman–Crippen LogP) is -4.99. The Labute approximate surface area is 150 Å². The Hall–Kier alpha value is -2.94. The van der Waals surface area contributed by atoms with E-state index >= 15 is 0 Å². The highest BCUT2D eigenvalue weighted by Crippen LogP contribution is 2.02. The van der Waals surface area contributed by atoms with Gasteiger partial charge in [0, 0.05) is 14.1 Å². The Morgan fingerprint density at radius 3 is 2.56 bits per heavy atom. The Balaban J connectivity index is 2.12. The quantitative estimate of drug-likeness (QED) is 0.229. The number of carbonyl (C=O) groups excluding carboxylic acids is 1. The van der Waals surface area contributed by atoms with Crippen LogP contribution < -0.4 is 16.7 Å². The number of nitrogens with one attached hydrogen (secondary N) is 1. The van der Waals surface area contributed by atoms with E-state index in [1.807, 2.05) is 5.43 Å². The maximum absolute atomic E-state index is 12.2. The number of hydrogen-bond donors (Lipinski definition) is 5. The van der Waals surface area contributed by atoms with Crippen molar-refractivity contribution in [3.05, 3.63) is 20.8 Å². The minimum absolute atomic E-state index is 0.0101. The van der Waals surface area contributed by atoms with Crippen LogP contribution in [0.4, 0.5) is 0 Å². The number of aliphatic hydroxyl groups excluding tert-OH is 4. The van der Waals surface area contributed by atoms with E-state index in [2.05, 4.69) is 15.4 Å². The van der Waals surface area contributed by atoms with Crippen molar-refractivity contribution >= 4 is 23.3 Å². The molecule has 2 aromatic rings. The van der Waals surface area contributed by atoms with Crippen molar-refractivity contribution in [2.45, 2.75) is 24.9 Å². The molecule has 5 N–H and O–H groups in total. The molecule has 0 aliphatic heterocycles. The van der Waals surface area contributed by atoms with E-state index in [4.69, 9.17) is 5.11 Å². The largest absolute Gasteiger partial charge is 0.394 e. The molecule has 14 nitrogen and oxygen atoms in total. The summed E-state index contributed by atoms with van der Waals surface area (Å²) in [4.78, 5) is 36.0.